The van der Waals surface area contributed by atoms with Crippen LogP contribution in [0.1, 0.15) is 19.3 Å². The summed E-state index contributed by atoms with van der Waals surface area (Å²) in [6.07, 6.45) is 2.38. The van der Waals surface area contributed by atoms with Gasteiger partial charge in [0.15, 0.2) is 0 Å². The predicted octanol–water partition coefficient (Wildman–Crippen LogP) is 0.0715. The molecule has 1 rings (SSSR count). The van der Waals surface area contributed by atoms with Gasteiger partial charge in [-0.3, -0.25) is 0 Å². The summed E-state index contributed by atoms with van der Waals surface area (Å²) in [7, 11) is 2.11. The first-order valence-electron chi connectivity index (χ1n) is 4.71. The maximum absolute atomic E-state index is 9.58. The molecule has 1 heterocycles. The average molecular weight is 173 g/mol. The van der Waals surface area contributed by atoms with Gasteiger partial charge in [-0.05, 0) is 45.3 Å². The molecule has 3 heteroatoms. The summed E-state index contributed by atoms with van der Waals surface area (Å²) in [5, 5.41) is 18.2. The number of hydrogen-bond donors (Lipinski definition) is 2. The minimum absolute atomic E-state index is 0.105. The number of aliphatic hydroxyl groups is 2. The molecule has 0 aliphatic carbocycles. The van der Waals surface area contributed by atoms with Crippen LogP contribution in [0.3, 0.4) is 0 Å². The van der Waals surface area contributed by atoms with Gasteiger partial charge in [-0.15, -0.1) is 0 Å². The van der Waals surface area contributed by atoms with E-state index in [0.717, 1.165) is 25.9 Å². The van der Waals surface area contributed by atoms with Crippen molar-refractivity contribution in [1.82, 2.24) is 4.90 Å². The lowest BCUT2D eigenvalue weighted by molar-refractivity contribution is 0.0467. The fraction of sp³-hybridized carbons (Fsp3) is 1.00. The summed E-state index contributed by atoms with van der Waals surface area (Å²) >= 11 is 0. The van der Waals surface area contributed by atoms with Crippen molar-refractivity contribution in [3.63, 3.8) is 0 Å². The highest BCUT2D eigenvalue weighted by molar-refractivity contribution is 4.75. The van der Waals surface area contributed by atoms with Crippen LogP contribution in [0.2, 0.25) is 0 Å². The van der Waals surface area contributed by atoms with Crippen molar-refractivity contribution >= 4 is 0 Å². The minimum Gasteiger partial charge on any atom is -0.396 e. The van der Waals surface area contributed by atoms with Gasteiger partial charge >= 0.3 is 0 Å². The summed E-state index contributed by atoms with van der Waals surface area (Å²) in [6.45, 7) is 2.26. The van der Waals surface area contributed by atoms with E-state index in [9.17, 15) is 5.11 Å². The van der Waals surface area contributed by atoms with Crippen LogP contribution in [0.5, 0.6) is 0 Å². The molecule has 12 heavy (non-hydrogen) atoms. The standard InChI is InChI=1S/C9H19NO2/c1-10-5-2-8(3-6-10)9(12)4-7-11/h8-9,11-12H,2-7H2,1H3. The molecule has 3 nitrogen and oxygen atoms in total. The van der Waals surface area contributed by atoms with Crippen LogP contribution in [-0.2, 0) is 0 Å². The third kappa shape index (κ3) is 2.73. The van der Waals surface area contributed by atoms with Crippen molar-refractivity contribution in [1.29, 1.82) is 0 Å². The average Bonchev–Trinajstić information content (AvgIpc) is 2.06. The van der Waals surface area contributed by atoms with E-state index in [1.807, 2.05) is 0 Å². The summed E-state index contributed by atoms with van der Waals surface area (Å²) < 4.78 is 0. The van der Waals surface area contributed by atoms with Crippen LogP contribution >= 0.6 is 0 Å². The molecule has 2 N–H and O–H groups in total. The molecular formula is C9H19NO2. The zero-order valence-electron chi connectivity index (χ0n) is 7.74. The molecule has 0 radical (unpaired) electrons. The second-order valence-corrected chi connectivity index (χ2v) is 3.72. The van der Waals surface area contributed by atoms with Gasteiger partial charge in [0.05, 0.1) is 6.10 Å². The summed E-state index contributed by atoms with van der Waals surface area (Å²) in [5.74, 6) is 0.411. The van der Waals surface area contributed by atoms with Crippen LogP contribution in [0, 0.1) is 5.92 Å². The number of likely N-dealkylation sites (tertiary alicyclic amines) is 1. The van der Waals surface area contributed by atoms with Crippen LogP contribution in [0.15, 0.2) is 0 Å². The molecule has 0 aromatic heterocycles. The van der Waals surface area contributed by atoms with E-state index < -0.39 is 0 Å². The molecule has 0 spiro atoms. The molecule has 1 saturated heterocycles. The highest BCUT2D eigenvalue weighted by Crippen LogP contribution is 2.21. The normalized spacial score (nSPS) is 24.2. The number of nitrogens with zero attached hydrogens (tertiary/aromatic N) is 1. The molecule has 0 amide bonds. The molecule has 72 valence electrons. The van der Waals surface area contributed by atoms with Crippen LogP contribution in [0.25, 0.3) is 0 Å². The van der Waals surface area contributed by atoms with Gasteiger partial charge in [-0.1, -0.05) is 0 Å². The molecule has 1 atom stereocenters. The van der Waals surface area contributed by atoms with Crippen molar-refractivity contribution in [2.45, 2.75) is 25.4 Å². The fourth-order valence-corrected chi connectivity index (χ4v) is 1.78. The second kappa shape index (κ2) is 4.80. The molecule has 0 aromatic carbocycles. The highest BCUT2D eigenvalue weighted by Gasteiger charge is 2.22. The van der Waals surface area contributed by atoms with E-state index in [2.05, 4.69) is 11.9 Å². The first kappa shape index (κ1) is 9.96. The Hall–Kier alpha value is -0.120. The van der Waals surface area contributed by atoms with Crippen molar-refractivity contribution in [2.24, 2.45) is 5.92 Å². The summed E-state index contributed by atoms with van der Waals surface area (Å²) in [5.41, 5.74) is 0. The Kier molecular flexibility index (Phi) is 3.98. The Morgan fingerprint density at radius 2 is 2.00 bits per heavy atom. The maximum atomic E-state index is 9.58. The highest BCUT2D eigenvalue weighted by atomic mass is 16.3. The summed E-state index contributed by atoms with van der Waals surface area (Å²) in [6, 6.07) is 0. The van der Waals surface area contributed by atoms with E-state index in [1.165, 1.54) is 0 Å². The largest absolute Gasteiger partial charge is 0.396 e. The molecule has 0 saturated carbocycles. The summed E-state index contributed by atoms with van der Waals surface area (Å²) in [4.78, 5) is 2.28. The third-order valence-electron chi connectivity index (χ3n) is 2.73. The first-order valence-corrected chi connectivity index (χ1v) is 4.71. The van der Waals surface area contributed by atoms with Gasteiger partial charge < -0.3 is 15.1 Å². The third-order valence-corrected chi connectivity index (χ3v) is 2.73. The molecule has 1 unspecified atom stereocenters. The maximum Gasteiger partial charge on any atom is 0.0591 e. The minimum atomic E-state index is -0.288. The van der Waals surface area contributed by atoms with Crippen molar-refractivity contribution in [3.05, 3.63) is 0 Å². The number of aliphatic hydroxyl groups excluding tert-OH is 2. The zero-order valence-corrected chi connectivity index (χ0v) is 7.74. The van der Waals surface area contributed by atoms with Gasteiger partial charge in [0.2, 0.25) is 0 Å². The Bertz CT molecular complexity index is 122. The monoisotopic (exact) mass is 173 g/mol. The van der Waals surface area contributed by atoms with E-state index in [1.54, 1.807) is 0 Å². The quantitative estimate of drug-likeness (QED) is 0.635. The van der Waals surface area contributed by atoms with Gasteiger partial charge in [0, 0.05) is 6.61 Å². The van der Waals surface area contributed by atoms with Crippen molar-refractivity contribution in [2.75, 3.05) is 26.7 Å². The SMILES string of the molecule is CN1CCC(C(O)CCO)CC1. The van der Waals surface area contributed by atoms with E-state index >= 15 is 0 Å². The molecule has 0 aromatic rings. The lowest BCUT2D eigenvalue weighted by atomic mass is 9.90. The Morgan fingerprint density at radius 3 is 2.50 bits per heavy atom. The van der Waals surface area contributed by atoms with Gasteiger partial charge in [0.25, 0.3) is 0 Å². The molecular weight excluding hydrogens is 154 g/mol. The second-order valence-electron chi connectivity index (χ2n) is 3.72. The number of rotatable bonds is 3. The van der Waals surface area contributed by atoms with Crippen LogP contribution < -0.4 is 0 Å². The van der Waals surface area contributed by atoms with Crippen LogP contribution in [0.4, 0.5) is 0 Å². The zero-order chi connectivity index (χ0) is 8.97. The van der Waals surface area contributed by atoms with E-state index in [4.69, 9.17) is 5.11 Å². The lowest BCUT2D eigenvalue weighted by Crippen LogP contribution is -2.35. The molecule has 0 bridgehead atoms. The van der Waals surface area contributed by atoms with E-state index in [0.29, 0.717) is 12.3 Å². The molecule has 1 aliphatic heterocycles. The van der Waals surface area contributed by atoms with Crippen LogP contribution in [-0.4, -0.2) is 48.0 Å². The lowest BCUT2D eigenvalue weighted by Gasteiger charge is -2.31. The Morgan fingerprint density at radius 1 is 1.42 bits per heavy atom. The topological polar surface area (TPSA) is 43.7 Å². The first-order chi connectivity index (χ1) is 5.74. The Labute approximate surface area is 74.0 Å². The van der Waals surface area contributed by atoms with Gasteiger partial charge in [-0.2, -0.15) is 0 Å². The molecule has 1 fully saturated rings. The number of hydrogen-bond acceptors (Lipinski definition) is 3. The van der Waals surface area contributed by atoms with Gasteiger partial charge in [0.1, 0.15) is 0 Å². The van der Waals surface area contributed by atoms with Gasteiger partial charge in [-0.25, -0.2) is 0 Å². The number of piperidine rings is 1. The van der Waals surface area contributed by atoms with E-state index in [-0.39, 0.29) is 12.7 Å². The Balaban J connectivity index is 2.24. The predicted molar refractivity (Wildman–Crippen MR) is 47.9 cm³/mol. The van der Waals surface area contributed by atoms with Crippen molar-refractivity contribution < 1.29 is 10.2 Å². The fourth-order valence-electron chi connectivity index (χ4n) is 1.78. The van der Waals surface area contributed by atoms with Crippen molar-refractivity contribution in [3.8, 4) is 0 Å². The smallest absolute Gasteiger partial charge is 0.0591 e. The molecule has 1 aliphatic rings.